The van der Waals surface area contributed by atoms with E-state index in [-0.39, 0.29) is 0 Å². The van der Waals surface area contributed by atoms with Gasteiger partial charge in [-0.25, -0.2) is 0 Å². The van der Waals surface area contributed by atoms with Crippen molar-refractivity contribution in [3.05, 3.63) is 34.4 Å². The van der Waals surface area contributed by atoms with Gasteiger partial charge < -0.3 is 5.32 Å². The maximum absolute atomic E-state index is 3.69. The highest BCUT2D eigenvalue weighted by atomic mass is 15.1. The third-order valence-corrected chi connectivity index (χ3v) is 4.65. The van der Waals surface area contributed by atoms with Crippen LogP contribution >= 0.6 is 0 Å². The van der Waals surface area contributed by atoms with Crippen molar-refractivity contribution in [2.75, 3.05) is 19.6 Å². The molecule has 1 aliphatic heterocycles. The molecule has 1 unspecified atom stereocenters. The smallest absolute Gasteiger partial charge is 0.0239 e. The fourth-order valence-corrected chi connectivity index (χ4v) is 3.63. The highest BCUT2D eigenvalue weighted by Gasteiger charge is 2.17. The molecule has 0 aliphatic carbocycles. The predicted octanol–water partition coefficient (Wildman–Crippen LogP) is 3.97. The standard InChI is InChI=1S/C19H32N2/c1-5-10-21(13-18-8-6-7-9-20-18)14-19-16(3)11-15(2)12-17(19)4/h11-12,18,20H,5-10,13-14H2,1-4H3. The molecular weight excluding hydrogens is 256 g/mol. The van der Waals surface area contributed by atoms with Crippen molar-refractivity contribution in [1.82, 2.24) is 10.2 Å². The van der Waals surface area contributed by atoms with Gasteiger partial charge >= 0.3 is 0 Å². The Morgan fingerprint density at radius 2 is 1.86 bits per heavy atom. The molecule has 2 nitrogen and oxygen atoms in total. The van der Waals surface area contributed by atoms with Crippen molar-refractivity contribution >= 4 is 0 Å². The molecule has 1 fully saturated rings. The summed E-state index contributed by atoms with van der Waals surface area (Å²) >= 11 is 0. The van der Waals surface area contributed by atoms with Crippen LogP contribution in [0.2, 0.25) is 0 Å². The molecule has 1 aromatic rings. The molecule has 21 heavy (non-hydrogen) atoms. The van der Waals surface area contributed by atoms with Gasteiger partial charge in [0.25, 0.3) is 0 Å². The minimum Gasteiger partial charge on any atom is -0.313 e. The molecule has 0 amide bonds. The second-order valence-electron chi connectivity index (χ2n) is 6.76. The fourth-order valence-electron chi connectivity index (χ4n) is 3.63. The van der Waals surface area contributed by atoms with Crippen LogP contribution in [0.5, 0.6) is 0 Å². The van der Waals surface area contributed by atoms with Crippen LogP contribution in [-0.4, -0.2) is 30.6 Å². The monoisotopic (exact) mass is 288 g/mol. The van der Waals surface area contributed by atoms with Crippen molar-refractivity contribution in [1.29, 1.82) is 0 Å². The molecule has 2 rings (SSSR count). The van der Waals surface area contributed by atoms with Gasteiger partial charge in [0.2, 0.25) is 0 Å². The molecule has 1 aliphatic rings. The van der Waals surface area contributed by atoms with Gasteiger partial charge in [-0.05, 0) is 69.8 Å². The van der Waals surface area contributed by atoms with Gasteiger partial charge in [0, 0.05) is 19.1 Å². The van der Waals surface area contributed by atoms with E-state index in [1.54, 1.807) is 0 Å². The Balaban J connectivity index is 2.05. The zero-order chi connectivity index (χ0) is 15.2. The van der Waals surface area contributed by atoms with E-state index >= 15 is 0 Å². The Morgan fingerprint density at radius 1 is 1.14 bits per heavy atom. The summed E-state index contributed by atoms with van der Waals surface area (Å²) in [4.78, 5) is 2.65. The summed E-state index contributed by atoms with van der Waals surface area (Å²) < 4.78 is 0. The lowest BCUT2D eigenvalue weighted by atomic mass is 9.98. The second-order valence-corrected chi connectivity index (χ2v) is 6.76. The van der Waals surface area contributed by atoms with Gasteiger partial charge in [0.05, 0.1) is 0 Å². The maximum atomic E-state index is 3.69. The minimum atomic E-state index is 0.691. The molecule has 0 spiro atoms. The van der Waals surface area contributed by atoms with Gasteiger partial charge in [-0.3, -0.25) is 4.90 Å². The first-order valence-electron chi connectivity index (χ1n) is 8.62. The van der Waals surface area contributed by atoms with E-state index in [4.69, 9.17) is 0 Å². The summed E-state index contributed by atoms with van der Waals surface area (Å²) in [6.45, 7) is 13.7. The zero-order valence-electron chi connectivity index (χ0n) is 14.3. The molecule has 2 heteroatoms. The normalized spacial score (nSPS) is 19.2. The SMILES string of the molecule is CCCN(Cc1c(C)cc(C)cc1C)CC1CCCCN1. The summed E-state index contributed by atoms with van der Waals surface area (Å²) in [6, 6.07) is 5.34. The largest absolute Gasteiger partial charge is 0.313 e. The third-order valence-electron chi connectivity index (χ3n) is 4.65. The van der Waals surface area contributed by atoms with E-state index in [9.17, 15) is 0 Å². The highest BCUT2D eigenvalue weighted by molar-refractivity contribution is 5.37. The lowest BCUT2D eigenvalue weighted by molar-refractivity contribution is 0.216. The Bertz CT molecular complexity index is 424. The van der Waals surface area contributed by atoms with Crippen LogP contribution < -0.4 is 5.32 Å². The number of aryl methyl sites for hydroxylation is 3. The molecule has 1 saturated heterocycles. The number of nitrogens with one attached hydrogen (secondary N) is 1. The van der Waals surface area contributed by atoms with Crippen molar-refractivity contribution in [3.8, 4) is 0 Å². The molecule has 0 aromatic heterocycles. The van der Waals surface area contributed by atoms with E-state index in [1.807, 2.05) is 0 Å². The quantitative estimate of drug-likeness (QED) is 0.852. The molecular formula is C19H32N2. The number of nitrogens with zero attached hydrogens (tertiary/aromatic N) is 1. The zero-order valence-corrected chi connectivity index (χ0v) is 14.3. The topological polar surface area (TPSA) is 15.3 Å². The first-order valence-corrected chi connectivity index (χ1v) is 8.62. The van der Waals surface area contributed by atoms with E-state index in [0.29, 0.717) is 6.04 Å². The Morgan fingerprint density at radius 3 is 2.43 bits per heavy atom. The molecule has 1 atom stereocenters. The fraction of sp³-hybridized carbons (Fsp3) is 0.684. The average molecular weight is 288 g/mol. The average Bonchev–Trinajstić information content (AvgIpc) is 2.44. The Hall–Kier alpha value is -0.860. The van der Waals surface area contributed by atoms with Crippen molar-refractivity contribution in [2.45, 2.75) is 66.0 Å². The summed E-state index contributed by atoms with van der Waals surface area (Å²) in [7, 11) is 0. The van der Waals surface area contributed by atoms with Crippen LogP contribution in [0.3, 0.4) is 0 Å². The lowest BCUT2D eigenvalue weighted by Gasteiger charge is -2.31. The minimum absolute atomic E-state index is 0.691. The van der Waals surface area contributed by atoms with E-state index < -0.39 is 0 Å². The Labute approximate surface area is 130 Å². The van der Waals surface area contributed by atoms with Crippen LogP contribution in [0.4, 0.5) is 0 Å². The highest BCUT2D eigenvalue weighted by Crippen LogP contribution is 2.19. The third kappa shape index (κ3) is 4.82. The van der Waals surface area contributed by atoms with Crippen LogP contribution in [0.15, 0.2) is 12.1 Å². The van der Waals surface area contributed by atoms with Crippen LogP contribution in [0, 0.1) is 20.8 Å². The number of benzene rings is 1. The Kier molecular flexibility index (Phi) is 6.25. The van der Waals surface area contributed by atoms with Gasteiger partial charge in [-0.15, -0.1) is 0 Å². The molecule has 118 valence electrons. The maximum Gasteiger partial charge on any atom is 0.0239 e. The van der Waals surface area contributed by atoms with Gasteiger partial charge in [-0.2, -0.15) is 0 Å². The molecule has 0 saturated carbocycles. The van der Waals surface area contributed by atoms with Crippen molar-refractivity contribution in [3.63, 3.8) is 0 Å². The van der Waals surface area contributed by atoms with E-state index in [1.165, 1.54) is 67.6 Å². The van der Waals surface area contributed by atoms with Crippen LogP contribution in [0.25, 0.3) is 0 Å². The molecule has 1 N–H and O–H groups in total. The summed E-state index contributed by atoms with van der Waals surface area (Å²) in [6.07, 6.45) is 5.31. The molecule has 1 aromatic carbocycles. The first kappa shape index (κ1) is 16.5. The molecule has 1 heterocycles. The lowest BCUT2D eigenvalue weighted by Crippen LogP contribution is -2.43. The van der Waals surface area contributed by atoms with E-state index in [2.05, 4.69) is 50.0 Å². The number of rotatable bonds is 6. The van der Waals surface area contributed by atoms with E-state index in [0.717, 1.165) is 6.54 Å². The summed E-state index contributed by atoms with van der Waals surface area (Å²) in [5.41, 5.74) is 5.81. The first-order chi connectivity index (χ1) is 10.1. The van der Waals surface area contributed by atoms with Crippen LogP contribution in [-0.2, 0) is 6.54 Å². The summed E-state index contributed by atoms with van der Waals surface area (Å²) in [5, 5.41) is 3.69. The predicted molar refractivity (Wildman–Crippen MR) is 91.9 cm³/mol. The number of hydrogen-bond donors (Lipinski definition) is 1. The molecule has 0 radical (unpaired) electrons. The van der Waals surface area contributed by atoms with Crippen LogP contribution in [0.1, 0.15) is 54.9 Å². The van der Waals surface area contributed by atoms with Gasteiger partial charge in [-0.1, -0.05) is 31.0 Å². The second kappa shape index (κ2) is 7.95. The number of hydrogen-bond acceptors (Lipinski definition) is 2. The van der Waals surface area contributed by atoms with Gasteiger partial charge in [0.15, 0.2) is 0 Å². The molecule has 0 bridgehead atoms. The van der Waals surface area contributed by atoms with Gasteiger partial charge in [0.1, 0.15) is 0 Å². The summed E-state index contributed by atoms with van der Waals surface area (Å²) in [5.74, 6) is 0. The number of piperidine rings is 1. The van der Waals surface area contributed by atoms with Crippen molar-refractivity contribution in [2.24, 2.45) is 0 Å². The van der Waals surface area contributed by atoms with Crippen molar-refractivity contribution < 1.29 is 0 Å².